The maximum absolute atomic E-state index is 14.5. The lowest BCUT2D eigenvalue weighted by Crippen LogP contribution is -2.54. The number of anilines is 2. The molecule has 4 N–H and O–H groups in total. The van der Waals surface area contributed by atoms with Gasteiger partial charge in [0.15, 0.2) is 17.2 Å². The molecule has 1 amide bonds. The molecule has 3 atom stereocenters. The minimum Gasteiger partial charge on any atom is -0.489 e. The summed E-state index contributed by atoms with van der Waals surface area (Å²) in [6, 6.07) is 20.7. The zero-order chi connectivity index (χ0) is 51.4. The predicted octanol–water partition coefficient (Wildman–Crippen LogP) is 10.0. The number of likely N-dealkylation sites (tertiary alicyclic amines) is 1. The molecular formula is C56H69N7O10S. The molecule has 6 aliphatic rings. The molecule has 18 heteroatoms. The van der Waals surface area contributed by atoms with Gasteiger partial charge < -0.3 is 39.3 Å². The first-order chi connectivity index (χ1) is 35.6. The van der Waals surface area contributed by atoms with Crippen LogP contribution in [0.25, 0.3) is 11.0 Å². The summed E-state index contributed by atoms with van der Waals surface area (Å²) in [7, 11) is -4.72. The number of nitro benzene ring substituents is 1. The Labute approximate surface area is 432 Å². The third kappa shape index (κ3) is 10.3. The molecule has 2 saturated carbocycles. The lowest BCUT2D eigenvalue weighted by atomic mass is 9.59. The number of sulfonamides is 1. The van der Waals surface area contributed by atoms with Gasteiger partial charge in [-0.3, -0.25) is 19.8 Å². The summed E-state index contributed by atoms with van der Waals surface area (Å²) in [6.07, 6.45) is 13.0. The van der Waals surface area contributed by atoms with E-state index in [4.69, 9.17) is 23.9 Å². The van der Waals surface area contributed by atoms with Crippen LogP contribution in [-0.2, 0) is 14.8 Å². The normalized spacial score (nSPS) is 25.2. The highest BCUT2D eigenvalue weighted by Crippen LogP contribution is 2.55. The first kappa shape index (κ1) is 50.2. The molecule has 4 aliphatic heterocycles. The number of nitrogens with zero attached hydrogens (tertiary/aromatic N) is 4. The molecule has 74 heavy (non-hydrogen) atoms. The van der Waals surface area contributed by atoms with Gasteiger partial charge in [0.25, 0.3) is 27.5 Å². The van der Waals surface area contributed by atoms with Crippen LogP contribution in [0.15, 0.2) is 77.8 Å². The van der Waals surface area contributed by atoms with Gasteiger partial charge in [-0.15, -0.1) is 0 Å². The monoisotopic (exact) mass is 1030 g/mol. The number of H-pyrrole nitrogens is 1. The molecule has 3 aromatic carbocycles. The molecule has 5 aromatic rings. The van der Waals surface area contributed by atoms with Gasteiger partial charge in [0.1, 0.15) is 18.0 Å². The number of hydrogen-bond acceptors (Lipinski definition) is 14. The summed E-state index contributed by atoms with van der Waals surface area (Å²) in [5.41, 5.74) is 3.35. The largest absolute Gasteiger partial charge is 0.489 e. The van der Waals surface area contributed by atoms with Crippen molar-refractivity contribution in [1.29, 1.82) is 0 Å². The second-order valence-electron chi connectivity index (χ2n) is 22.5. The Bertz CT molecular complexity index is 3000. The number of ether oxygens (including phenoxy) is 4. The zero-order valence-corrected chi connectivity index (χ0v) is 43.5. The Morgan fingerprint density at radius 1 is 0.973 bits per heavy atom. The fourth-order valence-electron chi connectivity index (χ4n) is 12.8. The lowest BCUT2D eigenvalue weighted by Gasteiger charge is -2.56. The molecule has 0 bridgehead atoms. The zero-order valence-electron chi connectivity index (χ0n) is 42.6. The van der Waals surface area contributed by atoms with Crippen molar-refractivity contribution in [2.75, 3.05) is 56.3 Å². The number of aliphatic hydroxyl groups is 1. The summed E-state index contributed by atoms with van der Waals surface area (Å²) in [5, 5.41) is 27.0. The van der Waals surface area contributed by atoms with Crippen molar-refractivity contribution in [3.8, 4) is 23.1 Å². The molecule has 5 fully saturated rings. The van der Waals surface area contributed by atoms with Crippen molar-refractivity contribution >= 4 is 44.0 Å². The number of rotatable bonds is 14. The Kier molecular flexibility index (Phi) is 13.8. The van der Waals surface area contributed by atoms with E-state index in [1.165, 1.54) is 42.9 Å². The second kappa shape index (κ2) is 20.3. The maximum Gasteiger partial charge on any atom is 0.297 e. The third-order valence-electron chi connectivity index (χ3n) is 17.1. The summed E-state index contributed by atoms with van der Waals surface area (Å²) in [5.74, 6) is 0.251. The van der Waals surface area contributed by atoms with Crippen molar-refractivity contribution in [3.63, 3.8) is 0 Å². The smallest absolute Gasteiger partial charge is 0.297 e. The molecule has 2 aromatic heterocycles. The molecule has 6 heterocycles. The number of piperidine rings is 1. The average molecular weight is 1030 g/mol. The van der Waals surface area contributed by atoms with Crippen LogP contribution >= 0.6 is 0 Å². The average Bonchev–Trinajstić information content (AvgIpc) is 4.07. The Morgan fingerprint density at radius 3 is 2.53 bits per heavy atom. The number of nitro groups is 1. The number of aromatic amines is 1. The topological polar surface area (TPSA) is 211 Å². The van der Waals surface area contributed by atoms with Crippen molar-refractivity contribution in [2.24, 2.45) is 17.3 Å². The molecule has 1 spiro atoms. The molecule has 0 radical (unpaired) electrons. The maximum atomic E-state index is 14.5. The van der Waals surface area contributed by atoms with Crippen LogP contribution < -0.4 is 29.1 Å². The number of nitrogens with one attached hydrogen (secondary N) is 3. The van der Waals surface area contributed by atoms with E-state index in [1.807, 2.05) is 19.1 Å². The van der Waals surface area contributed by atoms with E-state index in [9.17, 15) is 28.4 Å². The van der Waals surface area contributed by atoms with E-state index in [-0.39, 0.29) is 64.3 Å². The minimum absolute atomic E-state index is 0.00666. The highest BCUT2D eigenvalue weighted by atomic mass is 32.2. The Morgan fingerprint density at radius 2 is 1.77 bits per heavy atom. The minimum atomic E-state index is -4.72. The van der Waals surface area contributed by atoms with E-state index in [2.05, 4.69) is 62.9 Å². The summed E-state index contributed by atoms with van der Waals surface area (Å²) in [6.45, 7) is 10.9. The first-order valence-corrected chi connectivity index (χ1v) is 28.2. The highest BCUT2D eigenvalue weighted by molar-refractivity contribution is 7.90. The number of pyridine rings is 1. The summed E-state index contributed by atoms with van der Waals surface area (Å²) >= 11 is 0. The van der Waals surface area contributed by atoms with E-state index in [1.54, 1.807) is 24.4 Å². The van der Waals surface area contributed by atoms with E-state index in [0.717, 1.165) is 62.5 Å². The highest BCUT2D eigenvalue weighted by Gasteiger charge is 2.50. The van der Waals surface area contributed by atoms with Crippen molar-refractivity contribution < 1.29 is 42.2 Å². The number of benzene rings is 3. The predicted molar refractivity (Wildman–Crippen MR) is 281 cm³/mol. The fourth-order valence-corrected chi connectivity index (χ4v) is 13.8. The molecule has 0 unspecified atom stereocenters. The molecule has 394 valence electrons. The van der Waals surface area contributed by atoms with E-state index >= 15 is 0 Å². The van der Waals surface area contributed by atoms with Gasteiger partial charge in [0.2, 0.25) is 0 Å². The van der Waals surface area contributed by atoms with Gasteiger partial charge in [0.05, 0.1) is 40.2 Å². The standard InChI is InChI=1S/C56H69N7O10S/c1-35(2)42-9-4-5-10-43(42)46-11-6-22-62(46)40-30-56(31-40)19-23-61(24-20-56)39-12-13-44(48(27-39)73-50-26-38-16-21-57-52(38)59-54(50)72-33-36-8-7-25-70-32-36)53(64)60-74(68,69)41-28-47(63(66)67)51-49(29-41)71-34-45(58-51)37-14-17-55(3,65)18-15-37/h4-5,9-10,12-13,16,21,26-29,35-37,40,45-46,58,65H,6-8,11,14-15,17-20,22-25,30-34H2,1-3H3,(H,57,59)(H,60,64)/t36-,37?,45-,46+,55?/m1/s1. The van der Waals surface area contributed by atoms with Crippen LogP contribution in [0.2, 0.25) is 0 Å². The number of amides is 1. The van der Waals surface area contributed by atoms with Crippen molar-refractivity contribution in [2.45, 2.75) is 132 Å². The van der Waals surface area contributed by atoms with E-state index < -0.39 is 37.0 Å². The van der Waals surface area contributed by atoms with Crippen LogP contribution in [0.3, 0.4) is 0 Å². The Hall–Kier alpha value is -5.95. The van der Waals surface area contributed by atoms with Crippen molar-refractivity contribution in [1.82, 2.24) is 19.6 Å². The van der Waals surface area contributed by atoms with Gasteiger partial charge in [-0.25, -0.2) is 13.1 Å². The van der Waals surface area contributed by atoms with E-state index in [0.29, 0.717) is 69.2 Å². The number of aromatic nitrogens is 2. The first-order valence-electron chi connectivity index (χ1n) is 26.7. The molecule has 17 nitrogen and oxygen atoms in total. The van der Waals surface area contributed by atoms with Crippen LogP contribution in [0.5, 0.6) is 23.1 Å². The number of carbonyl (C=O) groups is 1. The van der Waals surface area contributed by atoms with Gasteiger partial charge in [-0.1, -0.05) is 38.1 Å². The second-order valence-corrected chi connectivity index (χ2v) is 24.2. The quantitative estimate of drug-likeness (QED) is 0.0603. The van der Waals surface area contributed by atoms with Gasteiger partial charge >= 0.3 is 0 Å². The Balaban J connectivity index is 0.843. The van der Waals surface area contributed by atoms with Crippen LogP contribution in [-0.4, -0.2) is 103 Å². The van der Waals surface area contributed by atoms with Crippen LogP contribution in [0.4, 0.5) is 17.1 Å². The molecule has 3 saturated heterocycles. The number of fused-ring (bicyclic) bond motifs is 2. The lowest BCUT2D eigenvalue weighted by molar-refractivity contribution is -0.384. The summed E-state index contributed by atoms with van der Waals surface area (Å²) < 4.78 is 55.4. The molecule has 2 aliphatic carbocycles. The number of carbonyl (C=O) groups excluding carboxylic acids is 1. The summed E-state index contributed by atoms with van der Waals surface area (Å²) in [4.78, 5) is 38.8. The SMILES string of the molecule is CC(C)c1ccccc1[C@@H]1CCCN1C1CC2(CCN(c3ccc(C(=O)NS(=O)(=O)c4cc5c(c([N+](=O)[O-])c4)N[C@@H](C4CCC(C)(O)CC4)CO5)c(Oc4cc5cc[nH]c5nc4OC[C@@H]4CCCOC4)c3)CC2)C1. The van der Waals surface area contributed by atoms with Gasteiger partial charge in [0, 0.05) is 73.2 Å². The number of hydrogen-bond donors (Lipinski definition) is 4. The van der Waals surface area contributed by atoms with Gasteiger partial charge in [-0.2, -0.15) is 4.98 Å². The fraction of sp³-hybridized carbons (Fsp3) is 0.536. The third-order valence-corrected chi connectivity index (χ3v) is 18.4. The van der Waals surface area contributed by atoms with Crippen molar-refractivity contribution in [3.05, 3.63) is 99.7 Å². The van der Waals surface area contributed by atoms with Gasteiger partial charge in [-0.05, 0) is 143 Å². The molecule has 11 rings (SSSR count). The molecular weight excluding hydrogens is 963 g/mol. The van der Waals surface area contributed by atoms with Crippen LogP contribution in [0, 0.1) is 27.4 Å². The van der Waals surface area contributed by atoms with Crippen LogP contribution in [0.1, 0.15) is 131 Å².